The van der Waals surface area contributed by atoms with E-state index >= 15 is 0 Å². The second-order valence-corrected chi connectivity index (χ2v) is 9.04. The van der Waals surface area contributed by atoms with Crippen LogP contribution in [0.3, 0.4) is 0 Å². The average Bonchev–Trinajstić information content (AvgIpc) is 3.11. The maximum atomic E-state index is 13.0. The molecule has 3 rings (SSSR count). The highest BCUT2D eigenvalue weighted by Gasteiger charge is 2.41. The first-order valence-corrected chi connectivity index (χ1v) is 10.5. The molecule has 0 radical (unpaired) electrons. The zero-order chi connectivity index (χ0) is 22.1. The zero-order valence-corrected chi connectivity index (χ0v) is 16.9. The summed E-state index contributed by atoms with van der Waals surface area (Å²) >= 11 is 5.82. The zero-order valence-electron chi connectivity index (χ0n) is 15.3. The lowest BCUT2D eigenvalue weighted by Crippen LogP contribution is -2.31. The molecule has 0 bridgehead atoms. The van der Waals surface area contributed by atoms with Crippen LogP contribution in [0.25, 0.3) is 0 Å². The number of alkyl halides is 3. The topological polar surface area (TPSA) is 90.6 Å². The summed E-state index contributed by atoms with van der Waals surface area (Å²) in [7, 11) is -4.08. The Morgan fingerprint density at radius 1 is 1.20 bits per heavy atom. The summed E-state index contributed by atoms with van der Waals surface area (Å²) in [6, 6.07) is 9.62. The molecule has 1 fully saturated rings. The lowest BCUT2D eigenvalue weighted by molar-refractivity contribution is -0.137. The predicted octanol–water partition coefficient (Wildman–Crippen LogP) is 3.29. The number of ether oxygens (including phenoxy) is 1. The summed E-state index contributed by atoms with van der Waals surface area (Å²) in [6.07, 6.45) is -5.26. The number of halogens is 4. The molecule has 0 saturated carbocycles. The van der Waals surface area contributed by atoms with E-state index in [4.69, 9.17) is 16.3 Å². The van der Waals surface area contributed by atoms with Crippen molar-refractivity contribution in [2.24, 2.45) is 5.92 Å². The van der Waals surface area contributed by atoms with Crippen LogP contribution in [0.2, 0.25) is 5.02 Å². The molecule has 1 aliphatic rings. The van der Waals surface area contributed by atoms with Crippen molar-refractivity contribution < 1.29 is 31.4 Å². The second kappa shape index (κ2) is 8.43. The Bertz CT molecular complexity index is 1070. The van der Waals surface area contributed by atoms with Crippen molar-refractivity contribution in [3.05, 3.63) is 58.6 Å². The van der Waals surface area contributed by atoms with E-state index in [1.165, 1.54) is 18.2 Å². The maximum Gasteiger partial charge on any atom is 0.416 e. The number of aliphatic hydroxyl groups excluding tert-OH is 1. The van der Waals surface area contributed by atoms with Crippen molar-refractivity contribution >= 4 is 21.6 Å². The molecule has 1 heterocycles. The number of benzene rings is 2. The summed E-state index contributed by atoms with van der Waals surface area (Å²) in [6.45, 7) is -0.594. The summed E-state index contributed by atoms with van der Waals surface area (Å²) in [4.78, 5) is -0.221. The van der Waals surface area contributed by atoms with Gasteiger partial charge in [0.15, 0.2) is 0 Å². The first-order chi connectivity index (χ1) is 14.1. The highest BCUT2D eigenvalue weighted by atomic mass is 35.5. The van der Waals surface area contributed by atoms with Gasteiger partial charge in [0.05, 0.1) is 24.3 Å². The van der Waals surface area contributed by atoms with Gasteiger partial charge in [0.25, 0.3) is 0 Å². The molecule has 160 valence electrons. The number of rotatable bonds is 5. The molecule has 2 atom stereocenters. The van der Waals surface area contributed by atoms with Gasteiger partial charge in [-0.3, -0.25) is 0 Å². The Labute approximate surface area is 176 Å². The lowest BCUT2D eigenvalue weighted by Gasteiger charge is -2.19. The number of nitrogens with zero attached hydrogens (tertiary/aromatic N) is 2. The molecule has 2 aromatic carbocycles. The Morgan fingerprint density at radius 2 is 1.87 bits per heavy atom. The van der Waals surface area contributed by atoms with E-state index in [2.05, 4.69) is 0 Å². The first kappa shape index (κ1) is 22.4. The van der Waals surface area contributed by atoms with Crippen LogP contribution in [0.1, 0.15) is 11.1 Å². The van der Waals surface area contributed by atoms with Crippen LogP contribution in [0.15, 0.2) is 47.4 Å². The standard InChI is InChI=1S/C19H16ClF3N2O4S/c20-15-3-6-18(12(7-15)8-24)30(27,28)25-9-13(11-26)17(10-25)29-16-4-1-14(2-5-16)19(21,22)23/h1-7,13,17,26H,9-11H2. The molecule has 0 aromatic heterocycles. The molecule has 11 heteroatoms. The van der Waals surface area contributed by atoms with Crippen LogP contribution in [0, 0.1) is 17.2 Å². The predicted molar refractivity (Wildman–Crippen MR) is 101 cm³/mol. The molecule has 1 aliphatic heterocycles. The van der Waals surface area contributed by atoms with Gasteiger partial charge in [-0.15, -0.1) is 0 Å². The third-order valence-electron chi connectivity index (χ3n) is 4.73. The number of hydrogen-bond donors (Lipinski definition) is 1. The van der Waals surface area contributed by atoms with E-state index in [0.29, 0.717) is 0 Å². The van der Waals surface area contributed by atoms with Crippen LogP contribution in [0.5, 0.6) is 5.75 Å². The van der Waals surface area contributed by atoms with Crippen LogP contribution in [-0.4, -0.2) is 43.6 Å². The lowest BCUT2D eigenvalue weighted by atomic mass is 10.1. The number of aliphatic hydroxyl groups is 1. The van der Waals surface area contributed by atoms with Crippen molar-refractivity contribution in [1.29, 1.82) is 5.26 Å². The number of sulfonamides is 1. The van der Waals surface area contributed by atoms with Gasteiger partial charge in [0.1, 0.15) is 22.8 Å². The van der Waals surface area contributed by atoms with Crippen LogP contribution in [-0.2, 0) is 16.2 Å². The van der Waals surface area contributed by atoms with Crippen LogP contribution >= 0.6 is 11.6 Å². The van der Waals surface area contributed by atoms with E-state index in [1.807, 2.05) is 0 Å². The van der Waals surface area contributed by atoms with E-state index in [-0.39, 0.29) is 40.9 Å². The van der Waals surface area contributed by atoms with Crippen molar-refractivity contribution in [2.75, 3.05) is 19.7 Å². The van der Waals surface area contributed by atoms with Gasteiger partial charge < -0.3 is 9.84 Å². The van der Waals surface area contributed by atoms with Gasteiger partial charge in [-0.25, -0.2) is 8.42 Å². The second-order valence-electron chi connectivity index (χ2n) is 6.70. The molecule has 30 heavy (non-hydrogen) atoms. The van der Waals surface area contributed by atoms with E-state index in [1.54, 1.807) is 6.07 Å². The largest absolute Gasteiger partial charge is 0.489 e. The smallest absolute Gasteiger partial charge is 0.416 e. The monoisotopic (exact) mass is 460 g/mol. The Hall–Kier alpha value is -2.32. The summed E-state index contributed by atoms with van der Waals surface area (Å²) < 4.78 is 70.8. The SMILES string of the molecule is N#Cc1cc(Cl)ccc1S(=O)(=O)N1CC(CO)C(Oc2ccc(C(F)(F)F)cc2)C1. The average molecular weight is 461 g/mol. The number of nitriles is 1. The molecule has 0 aliphatic carbocycles. The van der Waals surface area contributed by atoms with Gasteiger partial charge in [0, 0.05) is 17.5 Å². The fourth-order valence-electron chi connectivity index (χ4n) is 3.16. The van der Waals surface area contributed by atoms with Crippen LogP contribution in [0.4, 0.5) is 13.2 Å². The van der Waals surface area contributed by atoms with Gasteiger partial charge in [-0.2, -0.15) is 22.7 Å². The van der Waals surface area contributed by atoms with Gasteiger partial charge in [0.2, 0.25) is 10.0 Å². The third kappa shape index (κ3) is 4.54. The maximum absolute atomic E-state index is 13.0. The van der Waals surface area contributed by atoms with Crippen molar-refractivity contribution in [1.82, 2.24) is 4.31 Å². The van der Waals surface area contributed by atoms with Gasteiger partial charge in [-0.05, 0) is 42.5 Å². The quantitative estimate of drug-likeness (QED) is 0.739. The molecule has 0 amide bonds. The van der Waals surface area contributed by atoms with E-state index < -0.39 is 33.8 Å². The van der Waals surface area contributed by atoms with Crippen molar-refractivity contribution in [3.8, 4) is 11.8 Å². The fraction of sp³-hybridized carbons (Fsp3) is 0.316. The Balaban J connectivity index is 1.82. The normalized spacial score (nSPS) is 20.1. The minimum atomic E-state index is -4.48. The molecule has 1 N–H and O–H groups in total. The molecule has 6 nitrogen and oxygen atoms in total. The first-order valence-electron chi connectivity index (χ1n) is 8.71. The molecular weight excluding hydrogens is 445 g/mol. The molecule has 1 saturated heterocycles. The van der Waals surface area contributed by atoms with E-state index in [9.17, 15) is 32.0 Å². The summed E-state index contributed by atoms with van der Waals surface area (Å²) in [5.74, 6) is -0.477. The van der Waals surface area contributed by atoms with Crippen LogP contribution < -0.4 is 4.74 Å². The molecular formula is C19H16ClF3N2O4S. The van der Waals surface area contributed by atoms with Crippen molar-refractivity contribution in [3.63, 3.8) is 0 Å². The third-order valence-corrected chi connectivity index (χ3v) is 6.86. The molecule has 2 unspecified atom stereocenters. The summed E-state index contributed by atoms with van der Waals surface area (Å²) in [5.41, 5.74) is -0.953. The van der Waals surface area contributed by atoms with Crippen molar-refractivity contribution in [2.45, 2.75) is 17.2 Å². The highest BCUT2D eigenvalue weighted by molar-refractivity contribution is 7.89. The molecule has 0 spiro atoms. The van der Waals surface area contributed by atoms with Gasteiger partial charge in [-0.1, -0.05) is 11.6 Å². The fourth-order valence-corrected chi connectivity index (χ4v) is 4.96. The Morgan fingerprint density at radius 3 is 2.43 bits per heavy atom. The highest BCUT2D eigenvalue weighted by Crippen LogP contribution is 2.32. The summed E-state index contributed by atoms with van der Waals surface area (Å²) in [5, 5.41) is 19.1. The number of hydrogen-bond acceptors (Lipinski definition) is 5. The minimum Gasteiger partial charge on any atom is -0.489 e. The Kier molecular flexibility index (Phi) is 6.29. The minimum absolute atomic E-state index is 0.0718. The van der Waals surface area contributed by atoms with Gasteiger partial charge >= 0.3 is 6.18 Å². The molecule has 2 aromatic rings. The van der Waals surface area contributed by atoms with E-state index in [0.717, 1.165) is 28.6 Å².